The smallest absolute Gasteiger partial charge is 0.374 e. The monoisotopic (exact) mass is 378 g/mol. The molecule has 7 nitrogen and oxygen atoms in total. The minimum Gasteiger partial charge on any atom is -0.457 e. The molecule has 0 bridgehead atoms. The van der Waals surface area contributed by atoms with E-state index in [2.05, 4.69) is 10.6 Å². The van der Waals surface area contributed by atoms with Crippen LogP contribution in [0.2, 0.25) is 0 Å². The average molecular weight is 378 g/mol. The summed E-state index contributed by atoms with van der Waals surface area (Å²) in [5.41, 5.74) is 2.26. The molecule has 28 heavy (non-hydrogen) atoms. The Labute approximate surface area is 161 Å². The highest BCUT2D eigenvalue weighted by atomic mass is 16.5. The van der Waals surface area contributed by atoms with Gasteiger partial charge in [0.1, 0.15) is 0 Å². The Hall–Kier alpha value is -3.87. The van der Waals surface area contributed by atoms with Gasteiger partial charge in [0.05, 0.1) is 17.5 Å². The highest BCUT2D eigenvalue weighted by molar-refractivity contribution is 6.10. The van der Waals surface area contributed by atoms with E-state index in [1.165, 1.54) is 12.3 Å². The van der Waals surface area contributed by atoms with Crippen LogP contribution in [0.5, 0.6) is 0 Å². The maximum Gasteiger partial charge on any atom is 0.374 e. The van der Waals surface area contributed by atoms with Crippen LogP contribution >= 0.6 is 0 Å². The molecule has 2 N–H and O–H groups in total. The number of esters is 1. The Balaban J connectivity index is 1.63. The maximum atomic E-state index is 12.6. The predicted octanol–water partition coefficient (Wildman–Crippen LogP) is 3.64. The zero-order valence-electron chi connectivity index (χ0n) is 15.1. The number of aryl methyl sites for hydroxylation is 1. The second-order valence-electron chi connectivity index (χ2n) is 5.97. The molecule has 0 aliphatic carbocycles. The molecular formula is C21H18N2O5. The normalized spacial score (nSPS) is 10.2. The SMILES string of the molecule is Cc1cccc(NC(=O)c2ccccc2NC(=O)COC(=O)c2ccco2)c1. The number of furan rings is 1. The number of benzene rings is 2. The molecule has 142 valence electrons. The van der Waals surface area contributed by atoms with Gasteiger partial charge in [-0.05, 0) is 48.9 Å². The first-order chi connectivity index (χ1) is 13.5. The lowest BCUT2D eigenvalue weighted by Gasteiger charge is -2.12. The third kappa shape index (κ3) is 4.85. The molecule has 0 saturated carbocycles. The lowest BCUT2D eigenvalue weighted by molar-refractivity contribution is -0.119. The molecule has 0 fully saturated rings. The predicted molar refractivity (Wildman–Crippen MR) is 103 cm³/mol. The van der Waals surface area contributed by atoms with Crippen LogP contribution in [0, 0.1) is 6.92 Å². The molecule has 0 aliphatic rings. The van der Waals surface area contributed by atoms with Gasteiger partial charge in [-0.1, -0.05) is 24.3 Å². The van der Waals surface area contributed by atoms with Crippen molar-refractivity contribution in [2.75, 3.05) is 17.2 Å². The molecule has 0 spiro atoms. The number of nitrogens with one attached hydrogen (secondary N) is 2. The van der Waals surface area contributed by atoms with Crippen LogP contribution in [0.1, 0.15) is 26.5 Å². The van der Waals surface area contributed by atoms with E-state index >= 15 is 0 Å². The number of hydrogen-bond donors (Lipinski definition) is 2. The fourth-order valence-corrected chi connectivity index (χ4v) is 2.49. The van der Waals surface area contributed by atoms with Crippen molar-refractivity contribution < 1.29 is 23.5 Å². The number of para-hydroxylation sites is 1. The maximum absolute atomic E-state index is 12.6. The van der Waals surface area contributed by atoms with Gasteiger partial charge in [-0.2, -0.15) is 0 Å². The van der Waals surface area contributed by atoms with Crippen LogP contribution < -0.4 is 10.6 Å². The van der Waals surface area contributed by atoms with Gasteiger partial charge in [0.2, 0.25) is 5.76 Å². The van der Waals surface area contributed by atoms with Gasteiger partial charge in [-0.25, -0.2) is 4.79 Å². The van der Waals surface area contributed by atoms with Crippen LogP contribution in [0.15, 0.2) is 71.3 Å². The topological polar surface area (TPSA) is 97.6 Å². The molecule has 0 aliphatic heterocycles. The number of carbonyl (C=O) groups is 3. The highest BCUT2D eigenvalue weighted by Gasteiger charge is 2.16. The summed E-state index contributed by atoms with van der Waals surface area (Å²) in [5.74, 6) is -1.68. The molecule has 0 unspecified atom stereocenters. The van der Waals surface area contributed by atoms with E-state index in [9.17, 15) is 14.4 Å². The number of carbonyl (C=O) groups excluding carboxylic acids is 3. The van der Waals surface area contributed by atoms with Gasteiger partial charge >= 0.3 is 5.97 Å². The fraction of sp³-hybridized carbons (Fsp3) is 0.0952. The Morgan fingerprint density at radius 1 is 0.964 bits per heavy atom. The Morgan fingerprint density at radius 3 is 2.54 bits per heavy atom. The largest absolute Gasteiger partial charge is 0.457 e. The molecule has 0 atom stereocenters. The van der Waals surface area contributed by atoms with Crippen LogP contribution in [0.3, 0.4) is 0 Å². The van der Waals surface area contributed by atoms with Gasteiger partial charge in [0.15, 0.2) is 6.61 Å². The number of ether oxygens (including phenoxy) is 1. The van der Waals surface area contributed by atoms with Gasteiger partial charge in [-0.3, -0.25) is 9.59 Å². The molecule has 0 radical (unpaired) electrons. The summed E-state index contributed by atoms with van der Waals surface area (Å²) < 4.78 is 9.79. The average Bonchev–Trinajstić information content (AvgIpc) is 3.21. The molecule has 2 amide bonds. The van der Waals surface area contributed by atoms with Crippen molar-refractivity contribution in [3.05, 3.63) is 83.8 Å². The van der Waals surface area contributed by atoms with E-state index in [0.29, 0.717) is 11.4 Å². The lowest BCUT2D eigenvalue weighted by atomic mass is 10.1. The number of amides is 2. The quantitative estimate of drug-likeness (QED) is 0.638. The van der Waals surface area contributed by atoms with Gasteiger partial charge in [0, 0.05) is 5.69 Å². The Morgan fingerprint density at radius 2 is 1.79 bits per heavy atom. The number of rotatable bonds is 6. The zero-order valence-corrected chi connectivity index (χ0v) is 15.1. The van der Waals surface area contributed by atoms with E-state index in [-0.39, 0.29) is 17.2 Å². The van der Waals surface area contributed by atoms with E-state index in [1.807, 2.05) is 25.1 Å². The molecule has 2 aromatic carbocycles. The van der Waals surface area contributed by atoms with Crippen molar-refractivity contribution in [3.8, 4) is 0 Å². The third-order valence-corrected chi connectivity index (χ3v) is 3.78. The van der Waals surface area contributed by atoms with E-state index in [0.717, 1.165) is 5.56 Å². The zero-order chi connectivity index (χ0) is 19.9. The number of anilines is 2. The van der Waals surface area contributed by atoms with E-state index < -0.39 is 18.5 Å². The van der Waals surface area contributed by atoms with Gasteiger partial charge in [0.25, 0.3) is 11.8 Å². The van der Waals surface area contributed by atoms with Crippen molar-refractivity contribution in [1.82, 2.24) is 0 Å². The van der Waals surface area contributed by atoms with Gasteiger partial charge in [-0.15, -0.1) is 0 Å². The molecule has 3 rings (SSSR count). The summed E-state index contributed by atoms with van der Waals surface area (Å²) >= 11 is 0. The first-order valence-electron chi connectivity index (χ1n) is 8.50. The Kier molecular flexibility index (Phi) is 5.86. The minimum atomic E-state index is -0.745. The molecule has 7 heteroatoms. The van der Waals surface area contributed by atoms with Crippen molar-refractivity contribution in [3.63, 3.8) is 0 Å². The van der Waals surface area contributed by atoms with E-state index in [4.69, 9.17) is 9.15 Å². The summed E-state index contributed by atoms with van der Waals surface area (Å²) in [7, 11) is 0. The molecule has 1 aromatic heterocycles. The summed E-state index contributed by atoms with van der Waals surface area (Å²) in [5, 5.41) is 5.38. The highest BCUT2D eigenvalue weighted by Crippen LogP contribution is 2.18. The first kappa shape index (κ1) is 18.9. The summed E-state index contributed by atoms with van der Waals surface area (Å²) in [6.07, 6.45) is 1.33. The van der Waals surface area contributed by atoms with Crippen molar-refractivity contribution in [2.45, 2.75) is 6.92 Å². The van der Waals surface area contributed by atoms with Crippen molar-refractivity contribution in [2.24, 2.45) is 0 Å². The molecule has 3 aromatic rings. The summed E-state index contributed by atoms with van der Waals surface area (Å²) in [6.45, 7) is 1.42. The minimum absolute atomic E-state index is 0.00531. The van der Waals surface area contributed by atoms with Gasteiger partial charge < -0.3 is 19.8 Å². The number of hydrogen-bond acceptors (Lipinski definition) is 5. The summed E-state index contributed by atoms with van der Waals surface area (Å²) in [6, 6.07) is 16.9. The summed E-state index contributed by atoms with van der Waals surface area (Å²) in [4.78, 5) is 36.4. The van der Waals surface area contributed by atoms with E-state index in [1.54, 1.807) is 36.4 Å². The lowest BCUT2D eigenvalue weighted by Crippen LogP contribution is -2.23. The van der Waals surface area contributed by atoms with Crippen LogP contribution in [0.25, 0.3) is 0 Å². The second kappa shape index (κ2) is 8.68. The van der Waals surface area contributed by atoms with Crippen LogP contribution in [-0.2, 0) is 9.53 Å². The molecular weight excluding hydrogens is 360 g/mol. The van der Waals surface area contributed by atoms with Crippen LogP contribution in [0.4, 0.5) is 11.4 Å². The standard InChI is InChI=1S/C21H18N2O5/c1-14-6-4-7-15(12-14)22-20(25)16-8-2-3-9-17(16)23-19(24)13-28-21(26)18-10-5-11-27-18/h2-12H,13H2,1H3,(H,22,25)(H,23,24). The van der Waals surface area contributed by atoms with Crippen LogP contribution in [-0.4, -0.2) is 24.4 Å². The second-order valence-corrected chi connectivity index (χ2v) is 5.97. The first-order valence-corrected chi connectivity index (χ1v) is 8.50. The third-order valence-electron chi connectivity index (χ3n) is 3.78. The van der Waals surface area contributed by atoms with Crippen molar-refractivity contribution in [1.29, 1.82) is 0 Å². The fourth-order valence-electron chi connectivity index (χ4n) is 2.49. The molecule has 0 saturated heterocycles. The molecule has 1 heterocycles. The Bertz CT molecular complexity index is 996. The van der Waals surface area contributed by atoms with Crippen molar-refractivity contribution >= 4 is 29.2 Å².